The predicted octanol–water partition coefficient (Wildman–Crippen LogP) is 1.93. The molecule has 1 aliphatic heterocycles. The van der Waals surface area contributed by atoms with Crippen molar-refractivity contribution in [2.24, 2.45) is 0 Å². The molecule has 4 N–H and O–H groups in total. The van der Waals surface area contributed by atoms with Crippen molar-refractivity contribution < 1.29 is 0 Å². The minimum Gasteiger partial charge on any atom is -0.382 e. The smallest absolute Gasteiger partial charge is 0.222 e. The molecule has 22 heavy (non-hydrogen) atoms. The minimum absolute atomic E-state index is 0.219. The molecule has 2 aromatic rings. The van der Waals surface area contributed by atoms with Crippen molar-refractivity contribution in [3.05, 3.63) is 35.0 Å². The summed E-state index contributed by atoms with van der Waals surface area (Å²) in [6, 6.07) is 7.92. The van der Waals surface area contributed by atoms with Crippen LogP contribution in [0.4, 0.5) is 23.1 Å². The molecule has 6 nitrogen and oxygen atoms in total. The molecule has 0 saturated carbocycles. The molecule has 0 amide bonds. The van der Waals surface area contributed by atoms with Crippen LogP contribution in [-0.4, -0.2) is 36.1 Å². The van der Waals surface area contributed by atoms with Crippen LogP contribution in [0.3, 0.4) is 0 Å². The lowest BCUT2D eigenvalue weighted by Gasteiger charge is -2.38. The Kier molecular flexibility index (Phi) is 3.94. The van der Waals surface area contributed by atoms with Gasteiger partial charge >= 0.3 is 0 Å². The number of piperazine rings is 1. The molecular weight excluding hydrogens is 300 g/mol. The fourth-order valence-corrected chi connectivity index (χ4v) is 3.05. The summed E-state index contributed by atoms with van der Waals surface area (Å²) in [6.45, 7) is 5.40. The Morgan fingerprint density at radius 1 is 1.05 bits per heavy atom. The number of hydrogen-bond donors (Lipinski definition) is 2. The number of nitrogens with two attached hydrogens (primary N) is 2. The Morgan fingerprint density at radius 3 is 2.36 bits per heavy atom. The van der Waals surface area contributed by atoms with E-state index < -0.39 is 0 Å². The Labute approximate surface area is 134 Å². The van der Waals surface area contributed by atoms with Gasteiger partial charge < -0.3 is 21.3 Å². The van der Waals surface area contributed by atoms with E-state index in [0.29, 0.717) is 5.82 Å². The van der Waals surface area contributed by atoms with E-state index >= 15 is 0 Å². The van der Waals surface area contributed by atoms with E-state index in [0.717, 1.165) is 48.3 Å². The molecule has 3 rings (SSSR count). The zero-order valence-corrected chi connectivity index (χ0v) is 13.2. The van der Waals surface area contributed by atoms with E-state index in [1.807, 2.05) is 25.1 Å². The van der Waals surface area contributed by atoms with E-state index in [1.165, 1.54) is 0 Å². The van der Waals surface area contributed by atoms with Crippen molar-refractivity contribution in [2.75, 3.05) is 47.4 Å². The highest BCUT2D eigenvalue weighted by Gasteiger charge is 2.22. The lowest BCUT2D eigenvalue weighted by Crippen LogP contribution is -2.47. The lowest BCUT2D eigenvalue weighted by atomic mass is 10.2. The lowest BCUT2D eigenvalue weighted by molar-refractivity contribution is 0.651. The third kappa shape index (κ3) is 2.87. The average Bonchev–Trinajstić information content (AvgIpc) is 2.47. The van der Waals surface area contributed by atoms with Crippen molar-refractivity contribution >= 4 is 34.7 Å². The molecule has 0 radical (unpaired) electrons. The first-order chi connectivity index (χ1) is 10.5. The van der Waals surface area contributed by atoms with Crippen LogP contribution in [-0.2, 0) is 0 Å². The van der Waals surface area contributed by atoms with Gasteiger partial charge in [0.15, 0.2) is 5.82 Å². The second-order valence-corrected chi connectivity index (χ2v) is 5.79. The number of anilines is 4. The first-order valence-corrected chi connectivity index (χ1v) is 7.57. The van der Waals surface area contributed by atoms with E-state index in [2.05, 4.69) is 25.8 Å². The summed E-state index contributed by atoms with van der Waals surface area (Å²) in [5.74, 6) is 0.664. The van der Waals surface area contributed by atoms with Crippen LogP contribution in [0.25, 0.3) is 0 Å². The summed E-state index contributed by atoms with van der Waals surface area (Å²) in [5, 5.41) is 0.756. The van der Waals surface area contributed by atoms with Gasteiger partial charge in [-0.1, -0.05) is 17.7 Å². The van der Waals surface area contributed by atoms with Crippen molar-refractivity contribution in [2.45, 2.75) is 6.92 Å². The van der Waals surface area contributed by atoms with Gasteiger partial charge in [-0.3, -0.25) is 0 Å². The number of benzene rings is 1. The predicted molar refractivity (Wildman–Crippen MR) is 91.5 cm³/mol. The topological polar surface area (TPSA) is 84.3 Å². The summed E-state index contributed by atoms with van der Waals surface area (Å²) in [7, 11) is 0. The van der Waals surface area contributed by atoms with Gasteiger partial charge in [-0.15, -0.1) is 0 Å². The van der Waals surface area contributed by atoms with Crippen LogP contribution in [0.5, 0.6) is 0 Å². The molecule has 0 atom stereocenters. The molecule has 0 aliphatic carbocycles. The molecule has 1 fully saturated rings. The summed E-state index contributed by atoms with van der Waals surface area (Å²) in [4.78, 5) is 12.8. The number of nitrogens with zero attached hydrogens (tertiary/aromatic N) is 4. The zero-order valence-electron chi connectivity index (χ0n) is 12.5. The molecule has 2 heterocycles. The summed E-state index contributed by atoms with van der Waals surface area (Å²) >= 11 is 6.06. The van der Waals surface area contributed by atoms with Gasteiger partial charge in [-0.25, -0.2) is 4.98 Å². The molecule has 116 valence electrons. The molecule has 1 saturated heterocycles. The maximum absolute atomic E-state index is 6.06. The highest BCUT2D eigenvalue weighted by atomic mass is 35.5. The fraction of sp³-hybridized carbons (Fsp3) is 0.333. The van der Waals surface area contributed by atoms with Crippen LogP contribution in [0.1, 0.15) is 5.69 Å². The van der Waals surface area contributed by atoms with Gasteiger partial charge in [0, 0.05) is 36.9 Å². The van der Waals surface area contributed by atoms with Gasteiger partial charge in [-0.2, -0.15) is 4.98 Å². The summed E-state index contributed by atoms with van der Waals surface area (Å²) in [5.41, 5.74) is 14.5. The molecule has 7 heteroatoms. The average molecular weight is 319 g/mol. The third-order valence-corrected chi connectivity index (χ3v) is 4.11. The molecule has 1 aromatic carbocycles. The first kappa shape index (κ1) is 14.7. The Balaban J connectivity index is 1.75. The van der Waals surface area contributed by atoms with Crippen molar-refractivity contribution in [1.29, 1.82) is 0 Å². The number of hydrogen-bond acceptors (Lipinski definition) is 6. The zero-order chi connectivity index (χ0) is 15.7. The third-order valence-electron chi connectivity index (χ3n) is 3.87. The highest BCUT2D eigenvalue weighted by Crippen LogP contribution is 2.28. The Hall–Kier alpha value is -2.21. The standard InChI is InChI=1S/C15H19ClN6/c1-10-13(14(17)20-15(18)19-10)22-7-5-21(6-8-22)12-4-2-3-11(16)9-12/h2-4,9H,5-8H2,1H3,(H4,17,18,19,20). The molecule has 0 spiro atoms. The Bertz CT molecular complexity index is 658. The van der Waals surface area contributed by atoms with Gasteiger partial charge in [-0.05, 0) is 25.1 Å². The first-order valence-electron chi connectivity index (χ1n) is 7.19. The molecule has 1 aromatic heterocycles. The van der Waals surface area contributed by atoms with Crippen molar-refractivity contribution in [1.82, 2.24) is 9.97 Å². The number of nitrogen functional groups attached to an aromatic ring is 2. The monoisotopic (exact) mass is 318 g/mol. The summed E-state index contributed by atoms with van der Waals surface area (Å²) < 4.78 is 0. The second kappa shape index (κ2) is 5.88. The molecule has 0 bridgehead atoms. The number of halogens is 1. The Morgan fingerprint density at radius 2 is 1.73 bits per heavy atom. The second-order valence-electron chi connectivity index (χ2n) is 5.36. The molecule has 0 unspecified atom stereocenters. The van der Waals surface area contributed by atoms with Gasteiger partial charge in [0.05, 0.1) is 5.69 Å². The molecular formula is C15H19ClN6. The van der Waals surface area contributed by atoms with E-state index in [-0.39, 0.29) is 5.95 Å². The van der Waals surface area contributed by atoms with Crippen LogP contribution in [0.2, 0.25) is 5.02 Å². The van der Waals surface area contributed by atoms with Crippen LogP contribution in [0, 0.1) is 6.92 Å². The number of aryl methyl sites for hydroxylation is 1. The van der Waals surface area contributed by atoms with E-state index in [9.17, 15) is 0 Å². The maximum atomic E-state index is 6.06. The normalized spacial score (nSPS) is 15.2. The van der Waals surface area contributed by atoms with E-state index in [4.69, 9.17) is 23.1 Å². The number of aromatic nitrogens is 2. The van der Waals surface area contributed by atoms with Gasteiger partial charge in [0.1, 0.15) is 5.69 Å². The van der Waals surface area contributed by atoms with Crippen LogP contribution in [0.15, 0.2) is 24.3 Å². The van der Waals surface area contributed by atoms with Crippen LogP contribution < -0.4 is 21.3 Å². The molecule has 1 aliphatic rings. The SMILES string of the molecule is Cc1nc(N)nc(N)c1N1CCN(c2cccc(Cl)c2)CC1. The number of rotatable bonds is 2. The summed E-state index contributed by atoms with van der Waals surface area (Å²) in [6.07, 6.45) is 0. The maximum Gasteiger partial charge on any atom is 0.222 e. The highest BCUT2D eigenvalue weighted by molar-refractivity contribution is 6.30. The van der Waals surface area contributed by atoms with Crippen LogP contribution >= 0.6 is 11.6 Å². The van der Waals surface area contributed by atoms with Gasteiger partial charge in [0.2, 0.25) is 5.95 Å². The fourth-order valence-electron chi connectivity index (χ4n) is 2.86. The van der Waals surface area contributed by atoms with Gasteiger partial charge in [0.25, 0.3) is 0 Å². The van der Waals surface area contributed by atoms with E-state index in [1.54, 1.807) is 0 Å². The van der Waals surface area contributed by atoms with Crippen molar-refractivity contribution in [3.8, 4) is 0 Å². The quantitative estimate of drug-likeness (QED) is 0.880. The van der Waals surface area contributed by atoms with Crippen molar-refractivity contribution in [3.63, 3.8) is 0 Å². The largest absolute Gasteiger partial charge is 0.382 e. The minimum atomic E-state index is 0.219.